The number of anilines is 1. The van der Waals surface area contributed by atoms with E-state index in [1.807, 2.05) is 31.2 Å². The van der Waals surface area contributed by atoms with Gasteiger partial charge in [-0.05, 0) is 66.4 Å². The highest BCUT2D eigenvalue weighted by molar-refractivity contribution is 7.92. The first-order valence-corrected chi connectivity index (χ1v) is 9.65. The topological polar surface area (TPSA) is 79.3 Å². The van der Waals surface area contributed by atoms with Crippen molar-refractivity contribution in [3.63, 3.8) is 0 Å². The number of aliphatic hydroxyl groups is 1. The Labute approximate surface area is 153 Å². The predicted molar refractivity (Wildman–Crippen MR) is 102 cm³/mol. The van der Waals surface area contributed by atoms with Crippen LogP contribution in [-0.4, -0.2) is 18.5 Å². The van der Waals surface area contributed by atoms with E-state index >= 15 is 0 Å². The van der Waals surface area contributed by atoms with E-state index in [9.17, 15) is 13.5 Å². The Bertz CT molecular complexity index is 1050. The number of aliphatic hydroxyl groups excluding tert-OH is 1. The van der Waals surface area contributed by atoms with Crippen LogP contribution < -0.4 is 4.72 Å². The van der Waals surface area contributed by atoms with Gasteiger partial charge in [-0.1, -0.05) is 30.3 Å². The number of nitrogens with zero attached hydrogens (tertiary/aromatic N) is 1. The minimum Gasteiger partial charge on any atom is -0.392 e. The molecule has 1 aromatic heterocycles. The number of sulfonamides is 1. The Hall–Kier alpha value is -2.70. The van der Waals surface area contributed by atoms with E-state index < -0.39 is 10.0 Å². The maximum atomic E-state index is 12.6. The van der Waals surface area contributed by atoms with Crippen LogP contribution in [0, 0.1) is 13.8 Å². The second kappa shape index (κ2) is 7.27. The van der Waals surface area contributed by atoms with E-state index in [1.54, 1.807) is 43.3 Å². The lowest BCUT2D eigenvalue weighted by Gasteiger charge is -2.12. The van der Waals surface area contributed by atoms with Gasteiger partial charge in [0.2, 0.25) is 0 Å². The summed E-state index contributed by atoms with van der Waals surface area (Å²) in [6, 6.07) is 17.7. The van der Waals surface area contributed by atoms with Gasteiger partial charge in [0.05, 0.1) is 11.5 Å². The van der Waals surface area contributed by atoms with Crippen molar-refractivity contribution in [2.75, 3.05) is 4.72 Å². The molecule has 6 heteroatoms. The van der Waals surface area contributed by atoms with E-state index in [-0.39, 0.29) is 11.5 Å². The number of aromatic nitrogens is 1. The van der Waals surface area contributed by atoms with Crippen LogP contribution in [0.5, 0.6) is 0 Å². The third-order valence-electron chi connectivity index (χ3n) is 4.06. The zero-order chi connectivity index (χ0) is 18.7. The molecule has 0 saturated heterocycles. The van der Waals surface area contributed by atoms with Gasteiger partial charge in [0.1, 0.15) is 5.82 Å². The molecule has 2 N–H and O–H groups in total. The molecule has 2 aromatic carbocycles. The first kappa shape index (κ1) is 18.1. The van der Waals surface area contributed by atoms with Crippen LogP contribution in [0.4, 0.5) is 5.82 Å². The molecule has 0 aliphatic carbocycles. The Morgan fingerprint density at radius 2 is 1.77 bits per heavy atom. The van der Waals surface area contributed by atoms with E-state index in [1.165, 1.54) is 0 Å². The fourth-order valence-corrected chi connectivity index (χ4v) is 3.85. The molecular weight excluding hydrogens is 348 g/mol. The summed E-state index contributed by atoms with van der Waals surface area (Å²) in [5.41, 5.74) is 4.24. The number of benzene rings is 2. The fourth-order valence-electron chi connectivity index (χ4n) is 2.76. The summed E-state index contributed by atoms with van der Waals surface area (Å²) in [6.07, 6.45) is 0. The van der Waals surface area contributed by atoms with E-state index in [2.05, 4.69) is 9.71 Å². The zero-order valence-electron chi connectivity index (χ0n) is 14.6. The fraction of sp³-hybridized carbons (Fsp3) is 0.150. The van der Waals surface area contributed by atoms with Crippen LogP contribution in [0.15, 0.2) is 65.6 Å². The van der Waals surface area contributed by atoms with Crippen LogP contribution in [0.2, 0.25) is 0 Å². The van der Waals surface area contributed by atoms with Gasteiger partial charge in [-0.25, -0.2) is 13.4 Å². The molecule has 0 amide bonds. The van der Waals surface area contributed by atoms with Gasteiger partial charge in [-0.3, -0.25) is 4.72 Å². The average molecular weight is 368 g/mol. The lowest BCUT2D eigenvalue weighted by atomic mass is 9.99. The standard InChI is InChI=1S/C20H20N2O3S/c1-14-11-18(26(24,25)22-20-8-3-5-15(2)21-20)9-10-19(14)17-7-4-6-16(12-17)13-23/h3-12,23H,13H2,1-2H3,(H,21,22). The Morgan fingerprint density at radius 3 is 2.46 bits per heavy atom. The summed E-state index contributed by atoms with van der Waals surface area (Å²) < 4.78 is 27.8. The van der Waals surface area contributed by atoms with Crippen molar-refractivity contribution in [3.8, 4) is 11.1 Å². The van der Waals surface area contributed by atoms with E-state index in [0.29, 0.717) is 5.82 Å². The second-order valence-electron chi connectivity index (χ2n) is 6.10. The van der Waals surface area contributed by atoms with Crippen LogP contribution in [0.25, 0.3) is 11.1 Å². The summed E-state index contributed by atoms with van der Waals surface area (Å²) in [7, 11) is -3.72. The molecule has 0 radical (unpaired) electrons. The van der Waals surface area contributed by atoms with E-state index in [0.717, 1.165) is 27.9 Å². The van der Waals surface area contributed by atoms with Gasteiger partial charge in [0, 0.05) is 5.69 Å². The molecule has 0 aliphatic rings. The molecule has 0 unspecified atom stereocenters. The van der Waals surface area contributed by atoms with Gasteiger partial charge >= 0.3 is 0 Å². The first-order valence-electron chi connectivity index (χ1n) is 8.16. The minimum atomic E-state index is -3.72. The summed E-state index contributed by atoms with van der Waals surface area (Å²) in [6.45, 7) is 3.63. The Balaban J connectivity index is 1.93. The normalized spacial score (nSPS) is 11.3. The number of aryl methyl sites for hydroxylation is 2. The Kier molecular flexibility index (Phi) is 5.06. The number of pyridine rings is 1. The maximum absolute atomic E-state index is 12.6. The molecule has 26 heavy (non-hydrogen) atoms. The summed E-state index contributed by atoms with van der Waals surface area (Å²) in [4.78, 5) is 4.36. The molecule has 0 aliphatic heterocycles. The summed E-state index contributed by atoms with van der Waals surface area (Å²) in [5.74, 6) is 0.294. The Morgan fingerprint density at radius 1 is 1.00 bits per heavy atom. The average Bonchev–Trinajstić information content (AvgIpc) is 2.61. The maximum Gasteiger partial charge on any atom is 0.263 e. The van der Waals surface area contributed by atoms with Gasteiger partial charge in [0.15, 0.2) is 0 Å². The third kappa shape index (κ3) is 3.92. The highest BCUT2D eigenvalue weighted by Crippen LogP contribution is 2.27. The largest absolute Gasteiger partial charge is 0.392 e. The minimum absolute atomic E-state index is 0.0350. The van der Waals surface area contributed by atoms with Crippen molar-refractivity contribution in [3.05, 3.63) is 77.5 Å². The highest BCUT2D eigenvalue weighted by Gasteiger charge is 2.16. The van der Waals surface area contributed by atoms with Gasteiger partial charge in [-0.15, -0.1) is 0 Å². The number of hydrogen-bond donors (Lipinski definition) is 2. The summed E-state index contributed by atoms with van der Waals surface area (Å²) in [5, 5.41) is 9.30. The number of nitrogens with one attached hydrogen (secondary N) is 1. The first-order chi connectivity index (χ1) is 12.4. The molecule has 3 aromatic rings. The van der Waals surface area contributed by atoms with Crippen LogP contribution in [0.3, 0.4) is 0 Å². The van der Waals surface area contributed by atoms with Crippen molar-refractivity contribution < 1.29 is 13.5 Å². The molecule has 1 heterocycles. The monoisotopic (exact) mass is 368 g/mol. The molecule has 0 atom stereocenters. The molecule has 0 bridgehead atoms. The predicted octanol–water partition coefficient (Wildman–Crippen LogP) is 3.66. The quantitative estimate of drug-likeness (QED) is 0.720. The molecule has 134 valence electrons. The lowest BCUT2D eigenvalue weighted by Crippen LogP contribution is -2.14. The zero-order valence-corrected chi connectivity index (χ0v) is 15.4. The highest BCUT2D eigenvalue weighted by atomic mass is 32.2. The SMILES string of the molecule is Cc1cccc(NS(=O)(=O)c2ccc(-c3cccc(CO)c3)c(C)c2)n1. The second-order valence-corrected chi connectivity index (χ2v) is 7.79. The molecule has 0 saturated carbocycles. The van der Waals surface area contributed by atoms with Crippen molar-refractivity contribution in [2.24, 2.45) is 0 Å². The van der Waals surface area contributed by atoms with Crippen molar-refractivity contribution in [1.29, 1.82) is 0 Å². The van der Waals surface area contributed by atoms with Crippen LogP contribution >= 0.6 is 0 Å². The molecular formula is C20H20N2O3S. The molecule has 0 fully saturated rings. The van der Waals surface area contributed by atoms with Crippen LogP contribution in [-0.2, 0) is 16.6 Å². The van der Waals surface area contributed by atoms with Gasteiger partial charge < -0.3 is 5.11 Å². The van der Waals surface area contributed by atoms with Gasteiger partial charge in [0.25, 0.3) is 10.0 Å². The summed E-state index contributed by atoms with van der Waals surface area (Å²) >= 11 is 0. The molecule has 5 nitrogen and oxygen atoms in total. The number of hydrogen-bond acceptors (Lipinski definition) is 4. The smallest absolute Gasteiger partial charge is 0.263 e. The van der Waals surface area contributed by atoms with Crippen molar-refractivity contribution in [1.82, 2.24) is 4.98 Å². The van der Waals surface area contributed by atoms with Gasteiger partial charge in [-0.2, -0.15) is 0 Å². The van der Waals surface area contributed by atoms with E-state index in [4.69, 9.17) is 0 Å². The van der Waals surface area contributed by atoms with Crippen LogP contribution in [0.1, 0.15) is 16.8 Å². The molecule has 3 rings (SSSR count). The third-order valence-corrected chi connectivity index (χ3v) is 5.41. The molecule has 0 spiro atoms. The number of rotatable bonds is 5. The van der Waals surface area contributed by atoms with Crippen molar-refractivity contribution >= 4 is 15.8 Å². The van der Waals surface area contributed by atoms with Crippen molar-refractivity contribution in [2.45, 2.75) is 25.3 Å². The lowest BCUT2D eigenvalue weighted by molar-refractivity contribution is 0.282.